The van der Waals surface area contributed by atoms with E-state index in [0.717, 1.165) is 23.1 Å². The van der Waals surface area contributed by atoms with Crippen LogP contribution in [0.25, 0.3) is 22.0 Å². The van der Waals surface area contributed by atoms with Crippen LogP contribution >= 0.6 is 0 Å². The molecule has 7 rings (SSSR count). The van der Waals surface area contributed by atoms with Crippen molar-refractivity contribution in [3.05, 3.63) is 103 Å². The van der Waals surface area contributed by atoms with Crippen LogP contribution in [0, 0.1) is 6.92 Å². The minimum absolute atomic E-state index is 0.0159. The number of carbonyl (C=O) groups excluding carboxylic acids is 2. The van der Waals surface area contributed by atoms with Crippen LogP contribution in [0.5, 0.6) is 0 Å². The fourth-order valence-electron chi connectivity index (χ4n) is 5.88. The third kappa shape index (κ3) is 4.36. The van der Waals surface area contributed by atoms with Crippen molar-refractivity contribution in [3.8, 4) is 11.1 Å². The van der Waals surface area contributed by atoms with Gasteiger partial charge in [-0.25, -0.2) is 4.79 Å². The van der Waals surface area contributed by atoms with Gasteiger partial charge < -0.3 is 4.90 Å². The zero-order valence-corrected chi connectivity index (χ0v) is 24.9. The molecule has 10 nitrogen and oxygen atoms in total. The first-order valence-corrected chi connectivity index (χ1v) is 15.5. The van der Waals surface area contributed by atoms with Crippen molar-refractivity contribution in [2.75, 3.05) is 23.4 Å². The molecule has 3 aromatic carbocycles. The molecular weight excluding hydrogens is 578 g/mol. The summed E-state index contributed by atoms with van der Waals surface area (Å²) in [7, 11) is -2.93. The molecule has 0 aliphatic carbocycles. The van der Waals surface area contributed by atoms with Crippen molar-refractivity contribution in [3.63, 3.8) is 0 Å². The Morgan fingerprint density at radius 1 is 0.909 bits per heavy atom. The van der Waals surface area contributed by atoms with Gasteiger partial charge in [-0.3, -0.25) is 19.7 Å². The molecule has 1 atom stereocenters. The van der Waals surface area contributed by atoms with Gasteiger partial charge in [0.1, 0.15) is 5.69 Å². The highest BCUT2D eigenvalue weighted by atomic mass is 32.2. The summed E-state index contributed by atoms with van der Waals surface area (Å²) in [6.07, 6.45) is 6.19. The van der Waals surface area contributed by atoms with Gasteiger partial charge >= 0.3 is 16.1 Å². The number of amides is 3. The lowest BCUT2D eigenvalue weighted by Gasteiger charge is -2.27. The summed E-state index contributed by atoms with van der Waals surface area (Å²) in [6, 6.07) is 21.7. The highest BCUT2D eigenvalue weighted by molar-refractivity contribution is 7.86. The number of hydroxylamine groups is 1. The summed E-state index contributed by atoms with van der Waals surface area (Å²) in [4.78, 5) is 38.7. The van der Waals surface area contributed by atoms with Gasteiger partial charge in [0.25, 0.3) is 0 Å². The Bertz CT molecular complexity index is 2050. The molecule has 1 unspecified atom stereocenters. The first-order chi connectivity index (χ1) is 21.2. The van der Waals surface area contributed by atoms with E-state index >= 15 is 0 Å². The fourth-order valence-corrected chi connectivity index (χ4v) is 6.95. The highest BCUT2D eigenvalue weighted by Crippen LogP contribution is 2.53. The molecule has 11 heteroatoms. The summed E-state index contributed by atoms with van der Waals surface area (Å²) in [5.74, 6) is 0.0159. The minimum Gasteiger partial charge on any atom is -0.312 e. The lowest BCUT2D eigenvalue weighted by Crippen LogP contribution is -2.51. The predicted octanol–water partition coefficient (Wildman–Crippen LogP) is 6.26. The van der Waals surface area contributed by atoms with Gasteiger partial charge in [0.2, 0.25) is 11.6 Å². The van der Waals surface area contributed by atoms with E-state index in [1.165, 1.54) is 17.0 Å². The van der Waals surface area contributed by atoms with Gasteiger partial charge in [-0.05, 0) is 70.3 Å². The maximum absolute atomic E-state index is 14.4. The van der Waals surface area contributed by atoms with Crippen LogP contribution in [0.15, 0.2) is 102 Å². The highest BCUT2D eigenvalue weighted by Gasteiger charge is 2.60. The Hall–Kier alpha value is -4.97. The van der Waals surface area contributed by atoms with E-state index < -0.39 is 20.8 Å². The molecule has 2 aliphatic heterocycles. The fraction of sp³-hybridized carbons (Fsp3) is 0.152. The quantitative estimate of drug-likeness (QED) is 0.210. The van der Waals surface area contributed by atoms with Crippen LogP contribution in [0.2, 0.25) is 0 Å². The molecule has 0 saturated carbocycles. The average Bonchev–Trinajstić information content (AvgIpc) is 3.56. The Morgan fingerprint density at radius 2 is 1.68 bits per heavy atom. The number of hydrogen-bond acceptors (Lipinski definition) is 7. The molecule has 220 valence electrons. The van der Waals surface area contributed by atoms with Crippen molar-refractivity contribution < 1.29 is 22.3 Å². The molecule has 1 saturated heterocycles. The number of pyridine rings is 2. The molecule has 1 fully saturated rings. The van der Waals surface area contributed by atoms with Crippen LogP contribution < -0.4 is 14.4 Å². The van der Waals surface area contributed by atoms with Crippen LogP contribution in [0.3, 0.4) is 0 Å². The van der Waals surface area contributed by atoms with Gasteiger partial charge in [-0.2, -0.15) is 8.42 Å². The molecule has 4 heterocycles. The number of fused-ring (bicyclic) bond motifs is 3. The van der Waals surface area contributed by atoms with Crippen molar-refractivity contribution in [2.45, 2.75) is 24.7 Å². The lowest BCUT2D eigenvalue weighted by atomic mass is 10.0. The van der Waals surface area contributed by atoms with Gasteiger partial charge in [0.05, 0.1) is 22.0 Å². The van der Waals surface area contributed by atoms with Crippen molar-refractivity contribution in [2.24, 2.45) is 0 Å². The second-order valence-electron chi connectivity index (χ2n) is 10.9. The summed E-state index contributed by atoms with van der Waals surface area (Å²) in [5, 5.41) is 0.541. The van der Waals surface area contributed by atoms with Gasteiger partial charge in [0.15, 0.2) is 5.69 Å². The number of hydrogen-bond donors (Lipinski definition) is 0. The van der Waals surface area contributed by atoms with Crippen LogP contribution in [-0.4, -0.2) is 43.9 Å². The maximum Gasteiger partial charge on any atom is 0.468 e. The van der Waals surface area contributed by atoms with E-state index in [9.17, 15) is 18.0 Å². The number of rotatable bonds is 6. The summed E-state index contributed by atoms with van der Waals surface area (Å²) in [5.41, 5.74) is 4.72. The summed E-state index contributed by atoms with van der Waals surface area (Å²) in [6.45, 7) is 2.45. The summed E-state index contributed by atoms with van der Waals surface area (Å²) >= 11 is 0. The SMILES string of the molecule is Cc1ccc(S(=O)(=O)O[N+]2(c3ccc(N4CCCC4=O)cc3)C(=O)N(C)c3cnc4ccc(-c5cccnc5)cc4c32)cc1. The third-order valence-electron chi connectivity index (χ3n) is 8.17. The normalized spacial score (nSPS) is 18.3. The van der Waals surface area contributed by atoms with E-state index in [0.29, 0.717) is 40.9 Å². The van der Waals surface area contributed by atoms with E-state index in [4.69, 9.17) is 4.28 Å². The largest absolute Gasteiger partial charge is 0.468 e. The number of nitrogens with zero attached hydrogens (tertiary/aromatic N) is 5. The molecule has 5 aromatic rings. The molecule has 2 aliphatic rings. The molecule has 0 radical (unpaired) electrons. The molecule has 2 aromatic heterocycles. The number of aryl methyl sites for hydroxylation is 1. The van der Waals surface area contributed by atoms with Crippen LogP contribution in [0.1, 0.15) is 18.4 Å². The number of carbonyl (C=O) groups is 2. The Balaban J connectivity index is 1.49. The number of aromatic nitrogens is 2. The Kier molecular flexibility index (Phi) is 6.54. The zero-order chi connectivity index (χ0) is 30.6. The first-order valence-electron chi connectivity index (χ1n) is 14.1. The Morgan fingerprint density at radius 3 is 2.36 bits per heavy atom. The van der Waals surface area contributed by atoms with Crippen LogP contribution in [-0.2, 0) is 19.2 Å². The van der Waals surface area contributed by atoms with Crippen LogP contribution in [0.4, 0.5) is 27.5 Å². The standard InChI is InChI=1S/C33H28N5O5S/c1-22-7-14-27(15-8-22)44(41,42)43-38(26-12-10-25(11-13-26)37-18-4-6-31(37)39)32-28-19-23(24-5-3-17-34-20-24)9-16-29(28)35-21-30(32)36(2)33(38)40/h3,5,7-17,19-21H,4,6,18H2,1-2H3/q+1. The Labute approximate surface area is 254 Å². The summed E-state index contributed by atoms with van der Waals surface area (Å²) < 4.78 is 33.1. The van der Waals surface area contributed by atoms with E-state index in [2.05, 4.69) is 9.97 Å². The van der Waals surface area contributed by atoms with Crippen molar-refractivity contribution in [1.29, 1.82) is 0 Å². The minimum atomic E-state index is -4.50. The second kappa shape index (κ2) is 10.3. The average molecular weight is 607 g/mol. The zero-order valence-electron chi connectivity index (χ0n) is 24.0. The predicted molar refractivity (Wildman–Crippen MR) is 168 cm³/mol. The second-order valence-corrected chi connectivity index (χ2v) is 12.5. The van der Waals surface area contributed by atoms with Gasteiger partial charge in [-0.15, -0.1) is 0 Å². The number of urea groups is 1. The van der Waals surface area contributed by atoms with E-state index in [1.54, 1.807) is 66.9 Å². The first kappa shape index (κ1) is 27.8. The molecule has 0 spiro atoms. The number of quaternary nitrogens is 1. The topological polar surface area (TPSA) is 110 Å². The molecule has 0 bridgehead atoms. The maximum atomic E-state index is 14.4. The molecule has 3 amide bonds. The van der Waals surface area contributed by atoms with Crippen molar-refractivity contribution in [1.82, 2.24) is 14.6 Å². The van der Waals surface area contributed by atoms with Gasteiger partial charge in [0, 0.05) is 55.8 Å². The lowest BCUT2D eigenvalue weighted by molar-refractivity contribution is -0.117. The smallest absolute Gasteiger partial charge is 0.312 e. The number of benzene rings is 3. The molecule has 0 N–H and O–H groups in total. The van der Waals surface area contributed by atoms with E-state index in [1.807, 2.05) is 37.3 Å². The monoisotopic (exact) mass is 606 g/mol. The molecular formula is C33H28N5O5S+. The van der Waals surface area contributed by atoms with Gasteiger partial charge in [-0.1, -0.05) is 29.8 Å². The van der Waals surface area contributed by atoms with E-state index in [-0.39, 0.29) is 16.5 Å². The third-order valence-corrected chi connectivity index (χ3v) is 9.44. The number of anilines is 2. The molecule has 44 heavy (non-hydrogen) atoms. The van der Waals surface area contributed by atoms with Crippen molar-refractivity contribution >= 4 is 55.7 Å².